The van der Waals surface area contributed by atoms with Crippen molar-refractivity contribution in [1.29, 1.82) is 5.41 Å². The van der Waals surface area contributed by atoms with E-state index in [9.17, 15) is 4.79 Å². The molecule has 0 spiro atoms. The van der Waals surface area contributed by atoms with E-state index in [2.05, 4.69) is 10.6 Å². The molecule has 0 bridgehead atoms. The molecule has 0 aromatic heterocycles. The number of amides is 1. The minimum atomic E-state index is -0.406. The van der Waals surface area contributed by atoms with Crippen molar-refractivity contribution in [2.45, 2.75) is 6.92 Å². The highest BCUT2D eigenvalue weighted by molar-refractivity contribution is 6.30. The van der Waals surface area contributed by atoms with E-state index in [1.54, 1.807) is 24.3 Å². The Morgan fingerprint density at radius 2 is 2.15 bits per heavy atom. The number of carbonyl (C=O) groups excluding carboxylic acids is 1. The zero-order valence-corrected chi connectivity index (χ0v) is 15.7. The number of nitrogens with zero attached hydrogens (tertiary/aromatic N) is 1. The summed E-state index contributed by atoms with van der Waals surface area (Å²) in [6.45, 7) is 6.44. The first-order chi connectivity index (χ1) is 12.7. The number of nitrogens with one attached hydrogen (secondary N) is 2. The van der Waals surface area contributed by atoms with Crippen molar-refractivity contribution in [3.63, 3.8) is 0 Å². The summed E-state index contributed by atoms with van der Waals surface area (Å²) in [6.07, 6.45) is 1.18. The largest absolute Gasteiger partial charge is 0.484 e. The average Bonchev–Trinajstić information content (AvgIpc) is 2.65. The maximum atomic E-state index is 12.8. The van der Waals surface area contributed by atoms with Gasteiger partial charge in [0.1, 0.15) is 12.3 Å². The molecule has 1 aromatic rings. The SMILES string of the molecule is CCOCCO/C(C(=O)Nc1cccc(Cl)c1)=C(/C=N)N1CC[NH2+]CC1. The first kappa shape index (κ1) is 20.2. The monoisotopic (exact) mass is 381 g/mol. The molecule has 1 aliphatic heterocycles. The fourth-order valence-corrected chi connectivity index (χ4v) is 2.84. The standard InChI is InChI=1S/C18H25ClN4O3/c1-2-25-10-11-26-17(16(13-20)23-8-6-21-7-9-23)18(24)22-15-5-3-4-14(19)12-15/h3-5,12-13,20-21H,2,6-11H2,1H3,(H,22,24)/p+1/b17-16-,20-13?. The van der Waals surface area contributed by atoms with E-state index in [0.29, 0.717) is 29.6 Å². The Morgan fingerprint density at radius 3 is 2.81 bits per heavy atom. The minimum Gasteiger partial charge on any atom is -0.484 e. The Kier molecular flexibility index (Phi) is 8.40. The number of hydrogen-bond acceptors (Lipinski definition) is 5. The van der Waals surface area contributed by atoms with Crippen LogP contribution in [0.25, 0.3) is 0 Å². The topological polar surface area (TPSA) is 91.3 Å². The lowest BCUT2D eigenvalue weighted by Crippen LogP contribution is -2.89. The van der Waals surface area contributed by atoms with Crippen LogP contribution in [0.4, 0.5) is 5.69 Å². The van der Waals surface area contributed by atoms with E-state index in [4.69, 9.17) is 26.5 Å². The van der Waals surface area contributed by atoms with Crippen LogP contribution >= 0.6 is 11.6 Å². The fraction of sp³-hybridized carbons (Fsp3) is 0.444. The van der Waals surface area contributed by atoms with E-state index >= 15 is 0 Å². The summed E-state index contributed by atoms with van der Waals surface area (Å²) < 4.78 is 11.0. The van der Waals surface area contributed by atoms with Crippen LogP contribution < -0.4 is 10.6 Å². The lowest BCUT2D eigenvalue weighted by atomic mass is 10.2. The lowest BCUT2D eigenvalue weighted by molar-refractivity contribution is -0.662. The number of benzene rings is 1. The molecule has 1 fully saturated rings. The quantitative estimate of drug-likeness (QED) is 0.258. The summed E-state index contributed by atoms with van der Waals surface area (Å²) in [5.41, 5.74) is 1.05. The lowest BCUT2D eigenvalue weighted by Gasteiger charge is -2.29. The second kappa shape index (κ2) is 10.8. The van der Waals surface area contributed by atoms with Crippen LogP contribution in [0.1, 0.15) is 6.92 Å². The van der Waals surface area contributed by atoms with Crippen molar-refractivity contribution < 1.29 is 19.6 Å². The van der Waals surface area contributed by atoms with Crippen LogP contribution in [-0.2, 0) is 14.3 Å². The number of nitrogens with two attached hydrogens (primary N) is 1. The van der Waals surface area contributed by atoms with Gasteiger partial charge in [0, 0.05) is 23.5 Å². The Hall–Kier alpha value is -2.09. The van der Waals surface area contributed by atoms with Gasteiger partial charge < -0.3 is 30.4 Å². The molecule has 1 heterocycles. The number of piperazine rings is 1. The van der Waals surface area contributed by atoms with Crippen LogP contribution in [0.2, 0.25) is 5.02 Å². The maximum Gasteiger partial charge on any atom is 0.293 e. The average molecular weight is 382 g/mol. The predicted octanol–water partition coefficient (Wildman–Crippen LogP) is 1.07. The summed E-state index contributed by atoms with van der Waals surface area (Å²) in [5.74, 6) is -0.279. The first-order valence-corrected chi connectivity index (χ1v) is 9.12. The number of hydrogen-bond donors (Lipinski definition) is 3. The predicted molar refractivity (Wildman–Crippen MR) is 102 cm³/mol. The highest BCUT2D eigenvalue weighted by Gasteiger charge is 2.23. The Balaban J connectivity index is 2.21. The molecular weight excluding hydrogens is 356 g/mol. The van der Waals surface area contributed by atoms with E-state index in [0.717, 1.165) is 26.2 Å². The molecule has 1 aliphatic rings. The van der Waals surface area contributed by atoms with Crippen LogP contribution in [0.3, 0.4) is 0 Å². The van der Waals surface area contributed by atoms with E-state index in [-0.39, 0.29) is 12.4 Å². The van der Waals surface area contributed by atoms with Gasteiger partial charge in [0.05, 0.1) is 32.8 Å². The molecule has 8 heteroatoms. The third-order valence-electron chi connectivity index (χ3n) is 3.88. The van der Waals surface area contributed by atoms with Crippen LogP contribution in [-0.4, -0.2) is 63.0 Å². The molecule has 4 N–H and O–H groups in total. The third kappa shape index (κ3) is 6.01. The van der Waals surface area contributed by atoms with Crippen molar-refractivity contribution >= 4 is 29.4 Å². The molecular formula is C18H26ClN4O3+. The summed E-state index contributed by atoms with van der Waals surface area (Å²) in [4.78, 5) is 14.8. The van der Waals surface area contributed by atoms with Crippen molar-refractivity contribution in [1.82, 2.24) is 4.90 Å². The Bertz CT molecular complexity index is 645. The van der Waals surface area contributed by atoms with E-state index in [1.165, 1.54) is 6.21 Å². The number of halogens is 1. The van der Waals surface area contributed by atoms with Gasteiger partial charge in [-0.1, -0.05) is 17.7 Å². The zero-order valence-electron chi connectivity index (χ0n) is 15.0. The first-order valence-electron chi connectivity index (χ1n) is 8.74. The van der Waals surface area contributed by atoms with E-state index < -0.39 is 5.91 Å². The zero-order chi connectivity index (χ0) is 18.8. The second-order valence-corrected chi connectivity index (χ2v) is 6.16. The van der Waals surface area contributed by atoms with Gasteiger partial charge in [-0.25, -0.2) is 0 Å². The molecule has 1 aromatic carbocycles. The number of rotatable bonds is 9. The van der Waals surface area contributed by atoms with Gasteiger partial charge in [0.15, 0.2) is 0 Å². The Labute approximate surface area is 158 Å². The molecule has 2 rings (SSSR count). The normalized spacial score (nSPS) is 15.2. The van der Waals surface area contributed by atoms with Crippen molar-refractivity contribution in [2.75, 3.05) is 51.3 Å². The summed E-state index contributed by atoms with van der Waals surface area (Å²) in [6, 6.07) is 6.91. The molecule has 0 aliphatic carbocycles. The van der Waals surface area contributed by atoms with Gasteiger partial charge in [-0.3, -0.25) is 4.79 Å². The molecule has 142 valence electrons. The molecule has 1 amide bonds. The van der Waals surface area contributed by atoms with Gasteiger partial charge in [0.2, 0.25) is 5.76 Å². The second-order valence-electron chi connectivity index (χ2n) is 5.72. The van der Waals surface area contributed by atoms with Gasteiger partial charge in [-0.15, -0.1) is 0 Å². The van der Waals surface area contributed by atoms with Gasteiger partial charge in [-0.05, 0) is 25.1 Å². The molecule has 1 saturated heterocycles. The highest BCUT2D eigenvalue weighted by atomic mass is 35.5. The van der Waals surface area contributed by atoms with Gasteiger partial charge in [-0.2, -0.15) is 0 Å². The number of allylic oxidation sites excluding steroid dienone is 1. The van der Waals surface area contributed by atoms with Crippen molar-refractivity contribution in [3.8, 4) is 0 Å². The van der Waals surface area contributed by atoms with Crippen molar-refractivity contribution in [3.05, 3.63) is 40.7 Å². The minimum absolute atomic E-state index is 0.126. The molecule has 0 saturated carbocycles. The highest BCUT2D eigenvalue weighted by Crippen LogP contribution is 2.18. The third-order valence-corrected chi connectivity index (χ3v) is 4.12. The number of anilines is 1. The van der Waals surface area contributed by atoms with Crippen LogP contribution in [0, 0.1) is 5.41 Å². The van der Waals surface area contributed by atoms with Crippen molar-refractivity contribution in [2.24, 2.45) is 0 Å². The maximum absolute atomic E-state index is 12.8. The van der Waals surface area contributed by atoms with Gasteiger partial charge >= 0.3 is 0 Å². The van der Waals surface area contributed by atoms with Crippen LogP contribution in [0.5, 0.6) is 0 Å². The molecule has 0 unspecified atom stereocenters. The number of ether oxygens (including phenoxy) is 2. The summed E-state index contributed by atoms with van der Waals surface area (Å²) in [7, 11) is 0. The molecule has 0 atom stereocenters. The van der Waals surface area contributed by atoms with Gasteiger partial charge in [0.25, 0.3) is 5.91 Å². The smallest absolute Gasteiger partial charge is 0.293 e. The fourth-order valence-electron chi connectivity index (χ4n) is 2.65. The van der Waals surface area contributed by atoms with Crippen LogP contribution in [0.15, 0.2) is 35.7 Å². The molecule has 26 heavy (non-hydrogen) atoms. The summed E-state index contributed by atoms with van der Waals surface area (Å²) >= 11 is 5.98. The number of quaternary nitrogens is 1. The number of carbonyl (C=O) groups is 1. The Morgan fingerprint density at radius 1 is 1.38 bits per heavy atom. The van der Waals surface area contributed by atoms with E-state index in [1.807, 2.05) is 11.8 Å². The summed E-state index contributed by atoms with van der Waals surface area (Å²) in [5, 5.41) is 13.3. The molecule has 0 radical (unpaired) electrons. The molecule has 7 nitrogen and oxygen atoms in total.